The summed E-state index contributed by atoms with van der Waals surface area (Å²) in [7, 11) is -1.77. The first-order valence-electron chi connectivity index (χ1n) is 12.0. The smallest absolute Gasteiger partial charge is 0.248 e. The van der Waals surface area contributed by atoms with Gasteiger partial charge in [0.2, 0.25) is 15.9 Å². The summed E-state index contributed by atoms with van der Waals surface area (Å²) in [6.07, 6.45) is 3.30. The van der Waals surface area contributed by atoms with Crippen molar-refractivity contribution in [3.63, 3.8) is 0 Å². The van der Waals surface area contributed by atoms with Crippen LogP contribution in [-0.4, -0.2) is 71.2 Å². The van der Waals surface area contributed by atoms with E-state index in [9.17, 15) is 13.2 Å². The third-order valence-electron chi connectivity index (χ3n) is 7.61. The van der Waals surface area contributed by atoms with Crippen LogP contribution < -0.4 is 5.73 Å². The molecule has 1 saturated carbocycles. The number of ether oxygens (including phenoxy) is 1. The Labute approximate surface area is 204 Å². The number of sulfonamides is 1. The molecule has 0 atom stereocenters. The van der Waals surface area contributed by atoms with Gasteiger partial charge in [0.1, 0.15) is 6.61 Å². The van der Waals surface area contributed by atoms with E-state index >= 15 is 0 Å². The van der Waals surface area contributed by atoms with Gasteiger partial charge in [-0.1, -0.05) is 18.2 Å². The van der Waals surface area contributed by atoms with Crippen LogP contribution in [0, 0.1) is 0 Å². The van der Waals surface area contributed by atoms with Crippen molar-refractivity contribution < 1.29 is 17.9 Å². The number of morpholine rings is 1. The highest BCUT2D eigenvalue weighted by Gasteiger charge is 2.47. The van der Waals surface area contributed by atoms with E-state index in [1.807, 2.05) is 42.3 Å². The highest BCUT2D eigenvalue weighted by atomic mass is 32.2. The molecule has 3 fully saturated rings. The maximum atomic E-state index is 13.4. The lowest BCUT2D eigenvalue weighted by atomic mass is 9.90. The second-order valence-corrected chi connectivity index (χ2v) is 11.8. The van der Waals surface area contributed by atoms with Crippen molar-refractivity contribution in [1.29, 1.82) is 0 Å². The fourth-order valence-corrected chi connectivity index (χ4v) is 6.78. The number of rotatable bonds is 4. The first kappa shape index (κ1) is 22.5. The molecule has 0 bridgehead atoms. The Bertz CT molecular complexity index is 1400. The number of benzene rings is 2. The summed E-state index contributed by atoms with van der Waals surface area (Å²) in [5.74, 6) is 0.525. The van der Waals surface area contributed by atoms with Crippen LogP contribution in [0.2, 0.25) is 0 Å². The molecule has 0 radical (unpaired) electrons. The van der Waals surface area contributed by atoms with Crippen LogP contribution in [0.1, 0.15) is 25.7 Å². The Morgan fingerprint density at radius 3 is 2.43 bits per heavy atom. The van der Waals surface area contributed by atoms with E-state index in [4.69, 9.17) is 10.5 Å². The van der Waals surface area contributed by atoms with Gasteiger partial charge in [-0.15, -0.1) is 0 Å². The molecule has 6 rings (SSSR count). The molecule has 2 aliphatic heterocycles. The molecular formula is C25H29N5O4S. The molecule has 9 nitrogen and oxygen atoms in total. The zero-order valence-electron chi connectivity index (χ0n) is 19.7. The quantitative estimate of drug-likeness (QED) is 0.595. The average Bonchev–Trinajstić information content (AvgIpc) is 3.67. The Kier molecular flexibility index (Phi) is 5.17. The molecule has 0 unspecified atom stereocenters. The minimum absolute atomic E-state index is 0.0543. The van der Waals surface area contributed by atoms with Crippen molar-refractivity contribution in [3.8, 4) is 11.1 Å². The SMILES string of the molecule is Cn1nc(N)c2cc(-c3ccc(S(=O)(=O)N4CCC5(CC4)CN(C4CC4)C(=O)CO5)cc3)ccc21. The normalized spacial score (nSPS) is 21.2. The zero-order valence-corrected chi connectivity index (χ0v) is 20.5. The Hall–Kier alpha value is -2.95. The number of piperidine rings is 1. The Morgan fingerprint density at radius 1 is 1.06 bits per heavy atom. The van der Waals surface area contributed by atoms with Gasteiger partial charge in [-0.2, -0.15) is 9.40 Å². The number of hydrogen-bond acceptors (Lipinski definition) is 6. The Morgan fingerprint density at radius 2 is 1.74 bits per heavy atom. The molecule has 3 aliphatic rings. The number of nitrogens with two attached hydrogens (primary N) is 1. The van der Waals surface area contributed by atoms with Gasteiger partial charge in [0, 0.05) is 31.6 Å². The molecule has 2 aromatic carbocycles. The van der Waals surface area contributed by atoms with Gasteiger partial charge >= 0.3 is 0 Å². The molecule has 1 aromatic heterocycles. The predicted octanol–water partition coefficient (Wildman–Crippen LogP) is 2.37. The summed E-state index contributed by atoms with van der Waals surface area (Å²) in [6.45, 7) is 1.44. The van der Waals surface area contributed by atoms with Crippen molar-refractivity contribution in [1.82, 2.24) is 19.0 Å². The molecule has 3 aromatic rings. The standard InChI is InChI=1S/C25H29N5O4S/c1-28-22-9-4-18(14-21(22)24(26)27-28)17-2-7-20(8-3-17)35(32,33)29-12-10-25(11-13-29)16-30(19-5-6-19)23(31)15-34-25/h2-4,7-9,14,19H,5-6,10-13,15-16H2,1H3,(H2,26,27). The molecule has 1 spiro atoms. The average molecular weight is 496 g/mol. The summed E-state index contributed by atoms with van der Waals surface area (Å²) in [6, 6.07) is 13.3. The van der Waals surface area contributed by atoms with Gasteiger partial charge in [-0.25, -0.2) is 8.42 Å². The molecule has 1 aliphatic carbocycles. The molecular weight excluding hydrogens is 466 g/mol. The van der Waals surface area contributed by atoms with Gasteiger partial charge in [0.05, 0.1) is 22.6 Å². The number of nitrogens with zero attached hydrogens (tertiary/aromatic N) is 4. The molecule has 2 N–H and O–H groups in total. The highest BCUT2D eigenvalue weighted by molar-refractivity contribution is 7.89. The van der Waals surface area contributed by atoms with Crippen LogP contribution >= 0.6 is 0 Å². The van der Waals surface area contributed by atoms with E-state index < -0.39 is 15.6 Å². The lowest BCUT2D eigenvalue weighted by Crippen LogP contribution is -2.59. The summed E-state index contributed by atoms with van der Waals surface area (Å²) < 4.78 is 36.0. The number of anilines is 1. The molecule has 10 heteroatoms. The van der Waals surface area contributed by atoms with E-state index in [1.54, 1.807) is 16.8 Å². The van der Waals surface area contributed by atoms with E-state index in [0.29, 0.717) is 44.3 Å². The van der Waals surface area contributed by atoms with Crippen LogP contribution in [0.3, 0.4) is 0 Å². The zero-order chi connectivity index (χ0) is 24.4. The second-order valence-electron chi connectivity index (χ2n) is 9.89. The van der Waals surface area contributed by atoms with E-state index in [2.05, 4.69) is 5.10 Å². The van der Waals surface area contributed by atoms with Crippen molar-refractivity contribution in [2.45, 2.75) is 42.2 Å². The number of carbonyl (C=O) groups excluding carboxylic acids is 1. The number of hydrogen-bond donors (Lipinski definition) is 1. The highest BCUT2D eigenvalue weighted by Crippen LogP contribution is 2.37. The van der Waals surface area contributed by atoms with E-state index in [1.165, 1.54) is 4.31 Å². The minimum atomic E-state index is -3.62. The first-order valence-corrected chi connectivity index (χ1v) is 13.5. The van der Waals surface area contributed by atoms with Crippen LogP contribution in [0.15, 0.2) is 47.4 Å². The van der Waals surface area contributed by atoms with Crippen molar-refractivity contribution in [2.24, 2.45) is 7.05 Å². The monoisotopic (exact) mass is 495 g/mol. The van der Waals surface area contributed by atoms with Gasteiger partial charge in [0.15, 0.2) is 5.82 Å². The van der Waals surface area contributed by atoms with Crippen molar-refractivity contribution in [3.05, 3.63) is 42.5 Å². The van der Waals surface area contributed by atoms with Gasteiger partial charge in [-0.05, 0) is 61.1 Å². The van der Waals surface area contributed by atoms with E-state index in [-0.39, 0.29) is 17.4 Å². The molecule has 1 amide bonds. The maximum absolute atomic E-state index is 13.4. The summed E-state index contributed by atoms with van der Waals surface area (Å²) in [5.41, 5.74) is 8.40. The Balaban J connectivity index is 1.17. The van der Waals surface area contributed by atoms with Crippen molar-refractivity contribution >= 4 is 32.7 Å². The third-order valence-corrected chi connectivity index (χ3v) is 9.52. The van der Waals surface area contributed by atoms with Crippen LogP contribution in [-0.2, 0) is 26.6 Å². The number of carbonyl (C=O) groups is 1. The van der Waals surface area contributed by atoms with Crippen molar-refractivity contribution in [2.75, 3.05) is 32.0 Å². The fraction of sp³-hybridized carbons (Fsp3) is 0.440. The molecule has 35 heavy (non-hydrogen) atoms. The van der Waals surface area contributed by atoms with Crippen LogP contribution in [0.4, 0.5) is 5.82 Å². The number of aromatic nitrogens is 2. The summed E-state index contributed by atoms with van der Waals surface area (Å²) in [4.78, 5) is 14.4. The van der Waals surface area contributed by atoms with Crippen LogP contribution in [0.25, 0.3) is 22.0 Å². The number of nitrogen functional groups attached to an aromatic ring is 1. The lowest BCUT2D eigenvalue weighted by molar-refractivity contribution is -0.170. The maximum Gasteiger partial charge on any atom is 0.248 e. The largest absolute Gasteiger partial charge is 0.382 e. The third kappa shape index (κ3) is 3.89. The number of amides is 1. The first-order chi connectivity index (χ1) is 16.8. The van der Waals surface area contributed by atoms with Gasteiger partial charge in [-0.3, -0.25) is 9.48 Å². The van der Waals surface area contributed by atoms with E-state index in [0.717, 1.165) is 34.9 Å². The predicted molar refractivity (Wildman–Crippen MR) is 132 cm³/mol. The summed E-state index contributed by atoms with van der Waals surface area (Å²) >= 11 is 0. The molecule has 2 saturated heterocycles. The number of fused-ring (bicyclic) bond motifs is 1. The topological polar surface area (TPSA) is 111 Å². The number of aryl methyl sites for hydroxylation is 1. The fourth-order valence-electron chi connectivity index (χ4n) is 5.34. The van der Waals surface area contributed by atoms with Gasteiger partial charge < -0.3 is 15.4 Å². The van der Waals surface area contributed by atoms with Crippen LogP contribution in [0.5, 0.6) is 0 Å². The lowest BCUT2D eigenvalue weighted by Gasteiger charge is -2.46. The molecule has 3 heterocycles. The summed E-state index contributed by atoms with van der Waals surface area (Å²) in [5, 5.41) is 5.13. The second kappa shape index (κ2) is 8.04. The molecule has 184 valence electrons. The minimum Gasteiger partial charge on any atom is -0.382 e. The van der Waals surface area contributed by atoms with Gasteiger partial charge in [0.25, 0.3) is 0 Å².